The molecule has 128 valence electrons. The molecule has 0 radical (unpaired) electrons. The summed E-state index contributed by atoms with van der Waals surface area (Å²) in [4.78, 5) is 26.7. The topological polar surface area (TPSA) is 49.4 Å². The first-order valence-corrected chi connectivity index (χ1v) is 8.93. The van der Waals surface area contributed by atoms with Gasteiger partial charge in [0.2, 0.25) is 11.8 Å². The van der Waals surface area contributed by atoms with E-state index in [9.17, 15) is 14.0 Å². The standard InChI is InChI=1S/C19H23FN2O2/c20-15-4-1-3-14(11-15)19(8-9-19)12-21-17(23)16-5-2-10-22(16)18(24)13-6-7-13/h1,3-4,11,13,16H,2,5-10,12H2,(H,21,23). The van der Waals surface area contributed by atoms with Crippen LogP contribution in [0.3, 0.4) is 0 Å². The Morgan fingerprint density at radius 1 is 1.25 bits per heavy atom. The number of carbonyl (C=O) groups is 2. The quantitative estimate of drug-likeness (QED) is 0.901. The van der Waals surface area contributed by atoms with Crippen LogP contribution in [0.5, 0.6) is 0 Å². The van der Waals surface area contributed by atoms with Crippen LogP contribution in [0, 0.1) is 11.7 Å². The number of likely N-dealkylation sites (tertiary alicyclic amines) is 1. The third-order valence-electron chi connectivity index (χ3n) is 5.66. The molecule has 24 heavy (non-hydrogen) atoms. The van der Waals surface area contributed by atoms with E-state index >= 15 is 0 Å². The summed E-state index contributed by atoms with van der Waals surface area (Å²) in [5.41, 5.74) is 0.835. The number of nitrogens with zero attached hydrogens (tertiary/aromatic N) is 1. The van der Waals surface area contributed by atoms with Gasteiger partial charge in [-0.15, -0.1) is 0 Å². The molecule has 0 spiro atoms. The molecule has 3 aliphatic rings. The molecule has 4 nitrogen and oxygen atoms in total. The van der Waals surface area contributed by atoms with E-state index in [-0.39, 0.29) is 35.0 Å². The van der Waals surface area contributed by atoms with Gasteiger partial charge >= 0.3 is 0 Å². The summed E-state index contributed by atoms with van der Waals surface area (Å²) in [6.07, 6.45) is 5.50. The molecule has 1 N–H and O–H groups in total. The van der Waals surface area contributed by atoms with E-state index in [2.05, 4.69) is 5.32 Å². The van der Waals surface area contributed by atoms with Crippen molar-refractivity contribution in [2.24, 2.45) is 5.92 Å². The van der Waals surface area contributed by atoms with Crippen LogP contribution in [-0.2, 0) is 15.0 Å². The van der Waals surface area contributed by atoms with Crippen LogP contribution in [-0.4, -0.2) is 35.8 Å². The van der Waals surface area contributed by atoms with E-state index in [0.29, 0.717) is 13.1 Å². The van der Waals surface area contributed by atoms with Gasteiger partial charge in [-0.05, 0) is 56.2 Å². The number of carbonyl (C=O) groups excluding carboxylic acids is 2. The number of hydrogen-bond acceptors (Lipinski definition) is 2. The molecule has 1 aromatic carbocycles. The van der Waals surface area contributed by atoms with Crippen molar-refractivity contribution in [3.05, 3.63) is 35.6 Å². The lowest BCUT2D eigenvalue weighted by Gasteiger charge is -2.25. The fourth-order valence-electron chi connectivity index (χ4n) is 3.78. The maximum absolute atomic E-state index is 13.5. The predicted octanol–water partition coefficient (Wildman–Crippen LogP) is 2.37. The third kappa shape index (κ3) is 2.92. The highest BCUT2D eigenvalue weighted by molar-refractivity contribution is 5.90. The lowest BCUT2D eigenvalue weighted by Crippen LogP contribution is -2.48. The van der Waals surface area contributed by atoms with Crippen LogP contribution in [0.2, 0.25) is 0 Å². The number of nitrogens with one attached hydrogen (secondary N) is 1. The van der Waals surface area contributed by atoms with Gasteiger partial charge in [0.25, 0.3) is 0 Å². The summed E-state index contributed by atoms with van der Waals surface area (Å²) in [6.45, 7) is 1.22. The van der Waals surface area contributed by atoms with E-state index < -0.39 is 0 Å². The fraction of sp³-hybridized carbons (Fsp3) is 0.579. The Morgan fingerprint density at radius 2 is 2.04 bits per heavy atom. The van der Waals surface area contributed by atoms with Gasteiger partial charge in [0, 0.05) is 24.4 Å². The highest BCUT2D eigenvalue weighted by Crippen LogP contribution is 2.47. The molecular weight excluding hydrogens is 307 g/mol. The zero-order valence-corrected chi connectivity index (χ0v) is 13.8. The Kier molecular flexibility index (Phi) is 3.82. The summed E-state index contributed by atoms with van der Waals surface area (Å²) >= 11 is 0. The van der Waals surface area contributed by atoms with Crippen molar-refractivity contribution in [1.29, 1.82) is 0 Å². The smallest absolute Gasteiger partial charge is 0.242 e. The zero-order chi connectivity index (χ0) is 16.7. The molecule has 1 aromatic rings. The Hall–Kier alpha value is -1.91. The SMILES string of the molecule is O=C(NCC1(c2cccc(F)c2)CC1)C1CCCN1C(=O)C1CC1. The summed E-state index contributed by atoms with van der Waals surface area (Å²) < 4.78 is 13.5. The molecule has 2 saturated carbocycles. The molecule has 2 amide bonds. The van der Waals surface area contributed by atoms with Crippen LogP contribution in [0.4, 0.5) is 4.39 Å². The van der Waals surface area contributed by atoms with Crippen molar-refractivity contribution in [3.63, 3.8) is 0 Å². The van der Waals surface area contributed by atoms with Crippen LogP contribution >= 0.6 is 0 Å². The minimum Gasteiger partial charge on any atom is -0.353 e. The highest BCUT2D eigenvalue weighted by atomic mass is 19.1. The molecule has 3 fully saturated rings. The molecule has 1 aliphatic heterocycles. The van der Waals surface area contributed by atoms with Gasteiger partial charge < -0.3 is 10.2 Å². The average molecular weight is 330 g/mol. The second-order valence-electron chi connectivity index (χ2n) is 7.47. The van der Waals surface area contributed by atoms with Gasteiger partial charge in [0.15, 0.2) is 0 Å². The zero-order valence-electron chi connectivity index (χ0n) is 13.8. The number of hydrogen-bond donors (Lipinski definition) is 1. The van der Waals surface area contributed by atoms with Crippen LogP contribution in [0.1, 0.15) is 44.1 Å². The van der Waals surface area contributed by atoms with Gasteiger partial charge in [-0.1, -0.05) is 12.1 Å². The molecule has 1 saturated heterocycles. The Bertz CT molecular complexity index is 667. The number of amides is 2. The molecule has 4 rings (SSSR count). The lowest BCUT2D eigenvalue weighted by atomic mass is 9.95. The maximum Gasteiger partial charge on any atom is 0.242 e. The summed E-state index contributed by atoms with van der Waals surface area (Å²) in [5.74, 6) is 0.0191. The molecule has 1 atom stereocenters. The molecule has 2 aliphatic carbocycles. The largest absolute Gasteiger partial charge is 0.353 e. The molecule has 5 heteroatoms. The van der Waals surface area contributed by atoms with Gasteiger partial charge in [-0.25, -0.2) is 4.39 Å². The van der Waals surface area contributed by atoms with Crippen molar-refractivity contribution in [2.45, 2.75) is 50.0 Å². The molecule has 1 heterocycles. The van der Waals surface area contributed by atoms with Crippen molar-refractivity contribution in [2.75, 3.05) is 13.1 Å². The predicted molar refractivity (Wildman–Crippen MR) is 87.8 cm³/mol. The number of rotatable bonds is 5. The van der Waals surface area contributed by atoms with E-state index in [1.165, 1.54) is 6.07 Å². The molecule has 1 unspecified atom stereocenters. The monoisotopic (exact) mass is 330 g/mol. The van der Waals surface area contributed by atoms with E-state index in [1.54, 1.807) is 17.0 Å². The molecule has 0 bridgehead atoms. The van der Waals surface area contributed by atoms with Gasteiger partial charge in [0.05, 0.1) is 0 Å². The van der Waals surface area contributed by atoms with Crippen molar-refractivity contribution in [3.8, 4) is 0 Å². The van der Waals surface area contributed by atoms with Crippen molar-refractivity contribution < 1.29 is 14.0 Å². The number of benzene rings is 1. The van der Waals surface area contributed by atoms with Gasteiger partial charge in [-0.3, -0.25) is 9.59 Å². The van der Waals surface area contributed by atoms with Gasteiger partial charge in [0.1, 0.15) is 11.9 Å². The van der Waals surface area contributed by atoms with E-state index in [4.69, 9.17) is 0 Å². The highest BCUT2D eigenvalue weighted by Gasteiger charge is 2.46. The second-order valence-corrected chi connectivity index (χ2v) is 7.47. The maximum atomic E-state index is 13.5. The Balaban J connectivity index is 1.38. The first-order valence-electron chi connectivity index (χ1n) is 8.93. The fourth-order valence-corrected chi connectivity index (χ4v) is 3.78. The second kappa shape index (κ2) is 5.87. The minimum atomic E-state index is -0.318. The van der Waals surface area contributed by atoms with E-state index in [1.807, 2.05) is 6.07 Å². The minimum absolute atomic E-state index is 0.0517. The average Bonchev–Trinajstić information content (AvgIpc) is 3.50. The molecule has 0 aromatic heterocycles. The number of halogens is 1. The first-order chi connectivity index (χ1) is 11.6. The Morgan fingerprint density at radius 3 is 2.71 bits per heavy atom. The van der Waals surface area contributed by atoms with Crippen LogP contribution in [0.15, 0.2) is 24.3 Å². The summed E-state index contributed by atoms with van der Waals surface area (Å²) in [7, 11) is 0. The summed E-state index contributed by atoms with van der Waals surface area (Å²) in [5, 5.41) is 3.03. The van der Waals surface area contributed by atoms with Gasteiger partial charge in [-0.2, -0.15) is 0 Å². The van der Waals surface area contributed by atoms with Crippen LogP contribution < -0.4 is 5.32 Å². The van der Waals surface area contributed by atoms with Crippen molar-refractivity contribution in [1.82, 2.24) is 10.2 Å². The van der Waals surface area contributed by atoms with Crippen molar-refractivity contribution >= 4 is 11.8 Å². The lowest BCUT2D eigenvalue weighted by molar-refractivity contribution is -0.139. The third-order valence-corrected chi connectivity index (χ3v) is 5.66. The normalized spacial score (nSPS) is 24.7. The summed E-state index contributed by atoms with van der Waals surface area (Å²) in [6, 6.07) is 6.34. The Labute approximate surface area is 141 Å². The first kappa shape index (κ1) is 15.6. The van der Waals surface area contributed by atoms with E-state index in [0.717, 1.165) is 44.1 Å². The molecular formula is C19H23FN2O2. The van der Waals surface area contributed by atoms with Crippen LogP contribution in [0.25, 0.3) is 0 Å².